The van der Waals surface area contributed by atoms with Crippen LogP contribution in [0.1, 0.15) is 37.7 Å². The molecule has 6 heteroatoms. The highest BCUT2D eigenvalue weighted by Crippen LogP contribution is 2.20. The Balaban J connectivity index is 1.51. The second-order valence-electron chi connectivity index (χ2n) is 6.13. The number of nitrogens with zero attached hydrogens (tertiary/aromatic N) is 2. The van der Waals surface area contributed by atoms with Crippen molar-refractivity contribution in [2.24, 2.45) is 0 Å². The number of carbonyl (C=O) groups excluding carboxylic acids is 1. The van der Waals surface area contributed by atoms with Crippen molar-refractivity contribution in [2.75, 3.05) is 10.6 Å². The van der Waals surface area contributed by atoms with Crippen molar-refractivity contribution >= 4 is 29.1 Å². The van der Waals surface area contributed by atoms with Crippen LogP contribution in [0.15, 0.2) is 36.4 Å². The van der Waals surface area contributed by atoms with Gasteiger partial charge in [0.15, 0.2) is 5.82 Å². The van der Waals surface area contributed by atoms with Crippen molar-refractivity contribution < 1.29 is 4.79 Å². The van der Waals surface area contributed by atoms with Gasteiger partial charge in [0, 0.05) is 11.1 Å². The molecule has 3 rings (SSSR count). The summed E-state index contributed by atoms with van der Waals surface area (Å²) in [4.78, 5) is 12.0. The average Bonchev–Trinajstić information content (AvgIpc) is 2.60. The van der Waals surface area contributed by atoms with Crippen molar-refractivity contribution in [1.29, 1.82) is 0 Å². The molecule has 0 unspecified atom stereocenters. The largest absolute Gasteiger partial charge is 0.366 e. The summed E-state index contributed by atoms with van der Waals surface area (Å²) >= 11 is 5.84. The number of hydrogen-bond donors (Lipinski definition) is 2. The van der Waals surface area contributed by atoms with E-state index in [1.807, 2.05) is 18.2 Å². The Morgan fingerprint density at radius 1 is 1.00 bits per heavy atom. The van der Waals surface area contributed by atoms with Crippen LogP contribution in [0.2, 0.25) is 5.02 Å². The molecule has 0 radical (unpaired) electrons. The fourth-order valence-electron chi connectivity index (χ4n) is 2.91. The van der Waals surface area contributed by atoms with Crippen LogP contribution >= 0.6 is 11.6 Å². The molecule has 0 aliphatic heterocycles. The van der Waals surface area contributed by atoms with E-state index in [1.165, 1.54) is 32.1 Å². The molecule has 0 spiro atoms. The number of nitrogens with one attached hydrogen (secondary N) is 2. The number of benzene rings is 1. The van der Waals surface area contributed by atoms with Gasteiger partial charge in [-0.2, -0.15) is 0 Å². The fourth-order valence-corrected chi connectivity index (χ4v) is 3.03. The number of rotatable bonds is 5. The predicted octanol–water partition coefficient (Wildman–Crippen LogP) is 4.06. The van der Waals surface area contributed by atoms with E-state index in [0.29, 0.717) is 16.9 Å². The molecule has 0 atom stereocenters. The van der Waals surface area contributed by atoms with Gasteiger partial charge >= 0.3 is 0 Å². The molecule has 1 heterocycles. The molecule has 1 amide bonds. The zero-order chi connectivity index (χ0) is 16.8. The quantitative estimate of drug-likeness (QED) is 0.858. The van der Waals surface area contributed by atoms with Crippen LogP contribution in [0.25, 0.3) is 0 Å². The van der Waals surface area contributed by atoms with Crippen LogP contribution in [-0.4, -0.2) is 22.1 Å². The van der Waals surface area contributed by atoms with E-state index in [0.717, 1.165) is 11.4 Å². The highest BCUT2D eigenvalue weighted by Gasteiger charge is 2.13. The maximum Gasteiger partial charge on any atom is 0.229 e. The van der Waals surface area contributed by atoms with E-state index >= 15 is 0 Å². The minimum atomic E-state index is -0.125. The average molecular weight is 345 g/mol. The van der Waals surface area contributed by atoms with Gasteiger partial charge < -0.3 is 10.6 Å². The first-order valence-corrected chi connectivity index (χ1v) is 8.71. The molecule has 1 aromatic heterocycles. The maximum atomic E-state index is 12.0. The predicted molar refractivity (Wildman–Crippen MR) is 96.3 cm³/mol. The molecule has 5 nitrogen and oxygen atoms in total. The van der Waals surface area contributed by atoms with Gasteiger partial charge in [-0.25, -0.2) is 0 Å². The molecular weight excluding hydrogens is 324 g/mol. The van der Waals surface area contributed by atoms with E-state index in [9.17, 15) is 4.79 Å². The number of amides is 1. The van der Waals surface area contributed by atoms with Crippen LogP contribution in [0.5, 0.6) is 0 Å². The Labute approximate surface area is 146 Å². The number of aromatic nitrogens is 2. The summed E-state index contributed by atoms with van der Waals surface area (Å²) in [5, 5.41) is 15.1. The summed E-state index contributed by atoms with van der Waals surface area (Å²) in [6.07, 6.45) is 6.50. The van der Waals surface area contributed by atoms with Crippen LogP contribution in [0.4, 0.5) is 11.6 Å². The lowest BCUT2D eigenvalue weighted by molar-refractivity contribution is -0.115. The standard InChI is InChI=1S/C18H21ClN4O/c19-14-8-6-13(7-9-14)12-18(24)21-17-11-10-16(22-23-17)20-15-4-2-1-3-5-15/h6-11,15H,1-5,12H2,(H,20,22)(H,21,23,24). The van der Waals surface area contributed by atoms with E-state index in [4.69, 9.17) is 11.6 Å². The SMILES string of the molecule is O=C(Cc1ccc(Cl)cc1)Nc1ccc(NC2CCCCC2)nn1. The summed E-state index contributed by atoms with van der Waals surface area (Å²) in [5.41, 5.74) is 0.903. The third-order valence-electron chi connectivity index (χ3n) is 4.17. The minimum Gasteiger partial charge on any atom is -0.366 e. The van der Waals surface area contributed by atoms with Gasteiger partial charge in [0.1, 0.15) is 5.82 Å². The topological polar surface area (TPSA) is 66.9 Å². The third kappa shape index (κ3) is 4.93. The lowest BCUT2D eigenvalue weighted by atomic mass is 9.95. The summed E-state index contributed by atoms with van der Waals surface area (Å²) in [7, 11) is 0. The van der Waals surface area contributed by atoms with Gasteiger partial charge in [-0.1, -0.05) is 43.0 Å². The number of carbonyl (C=O) groups is 1. The summed E-state index contributed by atoms with van der Waals surface area (Å²) in [6.45, 7) is 0. The second kappa shape index (κ2) is 8.11. The Morgan fingerprint density at radius 3 is 2.33 bits per heavy atom. The van der Waals surface area contributed by atoms with Crippen LogP contribution in [-0.2, 0) is 11.2 Å². The zero-order valence-electron chi connectivity index (χ0n) is 13.5. The van der Waals surface area contributed by atoms with E-state index in [-0.39, 0.29) is 12.3 Å². The van der Waals surface area contributed by atoms with E-state index in [1.54, 1.807) is 18.2 Å². The molecule has 1 saturated carbocycles. The third-order valence-corrected chi connectivity index (χ3v) is 4.42. The minimum absolute atomic E-state index is 0.125. The first-order chi connectivity index (χ1) is 11.7. The van der Waals surface area contributed by atoms with Gasteiger partial charge in [0.2, 0.25) is 5.91 Å². The van der Waals surface area contributed by atoms with Crippen molar-refractivity contribution in [2.45, 2.75) is 44.6 Å². The lowest BCUT2D eigenvalue weighted by Gasteiger charge is -2.22. The molecule has 1 aliphatic rings. The van der Waals surface area contributed by atoms with E-state index < -0.39 is 0 Å². The second-order valence-corrected chi connectivity index (χ2v) is 6.57. The van der Waals surface area contributed by atoms with Crippen molar-refractivity contribution in [3.63, 3.8) is 0 Å². The Kier molecular flexibility index (Phi) is 5.64. The number of anilines is 2. The smallest absolute Gasteiger partial charge is 0.229 e. The van der Waals surface area contributed by atoms with Gasteiger partial charge in [-0.15, -0.1) is 10.2 Å². The Bertz CT molecular complexity index is 666. The number of hydrogen-bond acceptors (Lipinski definition) is 4. The highest BCUT2D eigenvalue weighted by atomic mass is 35.5. The lowest BCUT2D eigenvalue weighted by Crippen LogP contribution is -2.23. The summed E-state index contributed by atoms with van der Waals surface area (Å²) < 4.78 is 0. The summed E-state index contributed by atoms with van der Waals surface area (Å²) in [5.74, 6) is 1.10. The first-order valence-electron chi connectivity index (χ1n) is 8.33. The molecular formula is C18H21ClN4O. The molecule has 24 heavy (non-hydrogen) atoms. The van der Waals surface area contributed by atoms with Gasteiger partial charge in [-0.05, 0) is 42.7 Å². The molecule has 2 aromatic rings. The molecule has 1 aromatic carbocycles. The maximum absolute atomic E-state index is 12.0. The number of halogens is 1. The van der Waals surface area contributed by atoms with Crippen molar-refractivity contribution in [3.8, 4) is 0 Å². The summed E-state index contributed by atoms with van der Waals surface area (Å²) in [6, 6.07) is 11.3. The van der Waals surface area contributed by atoms with Gasteiger partial charge in [0.05, 0.1) is 6.42 Å². The fraction of sp³-hybridized carbons (Fsp3) is 0.389. The van der Waals surface area contributed by atoms with Crippen molar-refractivity contribution in [1.82, 2.24) is 10.2 Å². The van der Waals surface area contributed by atoms with Crippen molar-refractivity contribution in [3.05, 3.63) is 47.0 Å². The Hall–Kier alpha value is -2.14. The molecule has 1 fully saturated rings. The molecule has 0 saturated heterocycles. The first kappa shape index (κ1) is 16.7. The zero-order valence-corrected chi connectivity index (χ0v) is 14.2. The van der Waals surface area contributed by atoms with Crippen LogP contribution < -0.4 is 10.6 Å². The van der Waals surface area contributed by atoms with Crippen LogP contribution in [0.3, 0.4) is 0 Å². The molecule has 0 bridgehead atoms. The highest BCUT2D eigenvalue weighted by molar-refractivity contribution is 6.30. The monoisotopic (exact) mass is 344 g/mol. The van der Waals surface area contributed by atoms with Crippen LogP contribution in [0, 0.1) is 0 Å². The molecule has 1 aliphatic carbocycles. The molecule has 2 N–H and O–H groups in total. The Morgan fingerprint density at radius 2 is 1.67 bits per heavy atom. The normalized spacial score (nSPS) is 15.0. The molecule has 126 valence electrons. The van der Waals surface area contributed by atoms with E-state index in [2.05, 4.69) is 20.8 Å². The van der Waals surface area contributed by atoms with Gasteiger partial charge in [-0.3, -0.25) is 4.79 Å². The van der Waals surface area contributed by atoms with Gasteiger partial charge in [0.25, 0.3) is 0 Å².